The van der Waals surface area contributed by atoms with Crippen molar-refractivity contribution in [2.24, 2.45) is 5.92 Å². The number of nitrogens with one attached hydrogen (secondary N) is 1. The lowest BCUT2D eigenvalue weighted by Crippen LogP contribution is -2.47. The zero-order chi connectivity index (χ0) is 17.1. The van der Waals surface area contributed by atoms with Gasteiger partial charge in [-0.25, -0.2) is 4.79 Å². The number of nitrogens with zero attached hydrogens (tertiary/aromatic N) is 1. The van der Waals surface area contributed by atoms with Crippen LogP contribution >= 0.6 is 0 Å². The molecule has 2 N–H and O–H groups in total. The fraction of sp³-hybridized carbons (Fsp3) is 0.889. The normalized spacial score (nSPS) is 21.0. The van der Waals surface area contributed by atoms with E-state index >= 15 is 0 Å². The number of rotatable bonds is 10. The Morgan fingerprint density at radius 1 is 0.957 bits per heavy atom. The molecule has 0 saturated heterocycles. The largest absolute Gasteiger partial charge is 0.481 e. The highest BCUT2D eigenvalue weighted by atomic mass is 16.4. The summed E-state index contributed by atoms with van der Waals surface area (Å²) in [6.07, 6.45) is 9.64. The van der Waals surface area contributed by atoms with E-state index in [1.165, 1.54) is 0 Å². The Morgan fingerprint density at radius 3 is 1.91 bits per heavy atom. The Balaban J connectivity index is 2.40. The van der Waals surface area contributed by atoms with Crippen LogP contribution in [0.2, 0.25) is 0 Å². The second kappa shape index (κ2) is 11.3. The van der Waals surface area contributed by atoms with Gasteiger partial charge < -0.3 is 15.3 Å². The molecular formula is C18H34N2O3. The van der Waals surface area contributed by atoms with Crippen molar-refractivity contribution in [3.8, 4) is 0 Å². The molecule has 0 aromatic rings. The zero-order valence-electron chi connectivity index (χ0n) is 14.9. The third kappa shape index (κ3) is 7.71. The Morgan fingerprint density at radius 2 is 1.48 bits per heavy atom. The first-order chi connectivity index (χ1) is 11.1. The first-order valence-corrected chi connectivity index (χ1v) is 9.36. The fourth-order valence-electron chi connectivity index (χ4n) is 3.17. The van der Waals surface area contributed by atoms with Gasteiger partial charge in [0.1, 0.15) is 0 Å². The average molecular weight is 326 g/mol. The van der Waals surface area contributed by atoms with Crippen molar-refractivity contribution in [3.05, 3.63) is 0 Å². The number of carbonyl (C=O) groups excluding carboxylic acids is 1. The molecular weight excluding hydrogens is 292 g/mol. The Bertz CT molecular complexity index is 342. The summed E-state index contributed by atoms with van der Waals surface area (Å²) < 4.78 is 0. The maximum atomic E-state index is 12.5. The Hall–Kier alpha value is -1.26. The summed E-state index contributed by atoms with van der Waals surface area (Å²) in [5.74, 6) is -0.927. The van der Waals surface area contributed by atoms with Gasteiger partial charge in [-0.2, -0.15) is 0 Å². The van der Waals surface area contributed by atoms with Crippen LogP contribution in [-0.2, 0) is 4.79 Å². The molecule has 0 aromatic heterocycles. The summed E-state index contributed by atoms with van der Waals surface area (Å²) >= 11 is 0. The molecule has 1 aliphatic rings. The highest BCUT2D eigenvalue weighted by Gasteiger charge is 2.27. The maximum absolute atomic E-state index is 12.5. The second-order valence-corrected chi connectivity index (χ2v) is 6.74. The minimum absolute atomic E-state index is 0.0379. The molecule has 0 aromatic carbocycles. The van der Waals surface area contributed by atoms with Crippen LogP contribution in [0.5, 0.6) is 0 Å². The monoisotopic (exact) mass is 326 g/mol. The van der Waals surface area contributed by atoms with Gasteiger partial charge in [0, 0.05) is 19.1 Å². The lowest BCUT2D eigenvalue weighted by atomic mass is 9.86. The molecule has 0 aliphatic heterocycles. The van der Waals surface area contributed by atoms with Crippen LogP contribution in [0, 0.1) is 5.92 Å². The van der Waals surface area contributed by atoms with Crippen LogP contribution in [0.25, 0.3) is 0 Å². The summed E-state index contributed by atoms with van der Waals surface area (Å²) in [5, 5.41) is 12.2. The number of carbonyl (C=O) groups is 2. The van der Waals surface area contributed by atoms with Crippen molar-refractivity contribution in [2.45, 2.75) is 84.1 Å². The lowest BCUT2D eigenvalue weighted by molar-refractivity contribution is -0.142. The molecule has 23 heavy (non-hydrogen) atoms. The molecule has 0 heterocycles. The number of amides is 2. The molecule has 1 saturated carbocycles. The molecule has 1 aliphatic carbocycles. The average Bonchev–Trinajstić information content (AvgIpc) is 2.54. The molecule has 0 atom stereocenters. The molecule has 0 bridgehead atoms. The SMILES string of the molecule is CCCCCN(CCCCC)C(=O)NC1CCC(C(=O)O)CC1. The minimum Gasteiger partial charge on any atom is -0.481 e. The van der Waals surface area contributed by atoms with Crippen molar-refractivity contribution in [3.63, 3.8) is 0 Å². The van der Waals surface area contributed by atoms with E-state index in [9.17, 15) is 9.59 Å². The van der Waals surface area contributed by atoms with E-state index in [0.29, 0.717) is 12.8 Å². The van der Waals surface area contributed by atoms with E-state index in [4.69, 9.17) is 5.11 Å². The summed E-state index contributed by atoms with van der Waals surface area (Å²) in [7, 11) is 0. The summed E-state index contributed by atoms with van der Waals surface area (Å²) in [6.45, 7) is 5.99. The number of urea groups is 1. The minimum atomic E-state index is -0.699. The van der Waals surface area contributed by atoms with Crippen LogP contribution in [-0.4, -0.2) is 41.1 Å². The number of carboxylic acid groups (broad SMARTS) is 1. The molecule has 5 heteroatoms. The molecule has 5 nitrogen and oxygen atoms in total. The van der Waals surface area contributed by atoms with Crippen molar-refractivity contribution in [1.29, 1.82) is 0 Å². The predicted octanol–water partition coefficient (Wildman–Crippen LogP) is 4.02. The predicted molar refractivity (Wildman–Crippen MR) is 92.5 cm³/mol. The van der Waals surface area contributed by atoms with Crippen molar-refractivity contribution >= 4 is 12.0 Å². The smallest absolute Gasteiger partial charge is 0.317 e. The lowest BCUT2D eigenvalue weighted by Gasteiger charge is -2.30. The van der Waals surface area contributed by atoms with Gasteiger partial charge in [-0.1, -0.05) is 39.5 Å². The van der Waals surface area contributed by atoms with E-state index in [0.717, 1.165) is 64.5 Å². The molecule has 0 radical (unpaired) electrons. The molecule has 0 unspecified atom stereocenters. The molecule has 2 amide bonds. The van der Waals surface area contributed by atoms with E-state index in [1.807, 2.05) is 4.90 Å². The van der Waals surface area contributed by atoms with Gasteiger partial charge in [-0.15, -0.1) is 0 Å². The summed E-state index contributed by atoms with van der Waals surface area (Å²) in [5.41, 5.74) is 0. The molecule has 134 valence electrons. The van der Waals surface area contributed by atoms with Crippen LogP contribution < -0.4 is 5.32 Å². The first-order valence-electron chi connectivity index (χ1n) is 9.36. The third-order valence-electron chi connectivity index (χ3n) is 4.75. The number of carboxylic acids is 1. The standard InChI is InChI=1S/C18H34N2O3/c1-3-5-7-13-20(14-8-6-4-2)18(23)19-16-11-9-15(10-12-16)17(21)22/h15-16H,3-14H2,1-2H3,(H,19,23)(H,21,22). The van der Waals surface area contributed by atoms with Gasteiger partial charge in [0.25, 0.3) is 0 Å². The van der Waals surface area contributed by atoms with E-state index in [1.54, 1.807) is 0 Å². The Kier molecular flexibility index (Phi) is 9.72. The number of hydrogen-bond donors (Lipinski definition) is 2. The van der Waals surface area contributed by atoms with Crippen molar-refractivity contribution in [2.75, 3.05) is 13.1 Å². The highest BCUT2D eigenvalue weighted by Crippen LogP contribution is 2.24. The van der Waals surface area contributed by atoms with E-state index < -0.39 is 5.97 Å². The maximum Gasteiger partial charge on any atom is 0.317 e. The zero-order valence-corrected chi connectivity index (χ0v) is 14.9. The van der Waals surface area contributed by atoms with Crippen molar-refractivity contribution < 1.29 is 14.7 Å². The van der Waals surface area contributed by atoms with Crippen LogP contribution in [0.3, 0.4) is 0 Å². The van der Waals surface area contributed by atoms with Gasteiger partial charge in [-0.05, 0) is 38.5 Å². The summed E-state index contributed by atoms with van der Waals surface area (Å²) in [4.78, 5) is 25.5. The van der Waals surface area contributed by atoms with E-state index in [-0.39, 0.29) is 18.0 Å². The first kappa shape index (κ1) is 19.8. The topological polar surface area (TPSA) is 69.6 Å². The number of hydrogen-bond acceptors (Lipinski definition) is 2. The Labute approximate surface area is 140 Å². The fourth-order valence-corrected chi connectivity index (χ4v) is 3.17. The number of unbranched alkanes of at least 4 members (excludes halogenated alkanes) is 4. The van der Waals surface area contributed by atoms with Gasteiger partial charge >= 0.3 is 12.0 Å². The number of aliphatic carboxylic acids is 1. The van der Waals surface area contributed by atoms with Gasteiger partial charge in [0.2, 0.25) is 0 Å². The highest BCUT2D eigenvalue weighted by molar-refractivity contribution is 5.74. The molecule has 0 spiro atoms. The molecule has 1 fully saturated rings. The van der Waals surface area contributed by atoms with Crippen LogP contribution in [0.1, 0.15) is 78.1 Å². The summed E-state index contributed by atoms with van der Waals surface area (Å²) in [6, 6.07) is 0.175. The van der Waals surface area contributed by atoms with Crippen LogP contribution in [0.15, 0.2) is 0 Å². The molecule has 1 rings (SSSR count). The van der Waals surface area contributed by atoms with Gasteiger partial charge in [0.15, 0.2) is 0 Å². The quantitative estimate of drug-likeness (QED) is 0.596. The van der Waals surface area contributed by atoms with E-state index in [2.05, 4.69) is 19.2 Å². The van der Waals surface area contributed by atoms with Gasteiger partial charge in [-0.3, -0.25) is 4.79 Å². The second-order valence-electron chi connectivity index (χ2n) is 6.74. The van der Waals surface area contributed by atoms with Gasteiger partial charge in [0.05, 0.1) is 5.92 Å². The van der Waals surface area contributed by atoms with Crippen molar-refractivity contribution in [1.82, 2.24) is 10.2 Å². The van der Waals surface area contributed by atoms with Crippen LogP contribution in [0.4, 0.5) is 4.79 Å². The third-order valence-corrected chi connectivity index (χ3v) is 4.75.